The molecule has 0 saturated carbocycles. The van der Waals surface area contributed by atoms with Crippen LogP contribution in [-0.4, -0.2) is 25.1 Å². The summed E-state index contributed by atoms with van der Waals surface area (Å²) in [4.78, 5) is 0. The van der Waals surface area contributed by atoms with E-state index in [2.05, 4.69) is 70.4 Å². The molecule has 0 amide bonds. The van der Waals surface area contributed by atoms with Crippen LogP contribution >= 0.6 is 0 Å². The summed E-state index contributed by atoms with van der Waals surface area (Å²) in [6, 6.07) is 20.9. The maximum Gasteiger partial charge on any atom is 0.269 e. The van der Waals surface area contributed by atoms with Crippen molar-refractivity contribution in [1.29, 1.82) is 0 Å². The molecule has 2 aromatic rings. The van der Waals surface area contributed by atoms with Crippen molar-refractivity contribution in [3.63, 3.8) is 0 Å². The van der Waals surface area contributed by atoms with E-state index in [1.54, 1.807) is 0 Å². The maximum atomic E-state index is 6.72. The van der Waals surface area contributed by atoms with E-state index in [1.807, 2.05) is 18.2 Å². The average molecular weight is 348 g/mol. The van der Waals surface area contributed by atoms with Crippen LogP contribution in [0.15, 0.2) is 60.7 Å². The second kappa shape index (κ2) is 9.10. The van der Waals surface area contributed by atoms with E-state index in [-0.39, 0.29) is 18.1 Å². The van der Waals surface area contributed by atoms with Gasteiger partial charge >= 0.3 is 0 Å². The lowest BCUT2D eigenvalue weighted by Gasteiger charge is -2.48. The molecular weight excluding hydrogens is 318 g/mol. The van der Waals surface area contributed by atoms with E-state index >= 15 is 0 Å². The molecule has 2 nitrogen and oxygen atoms in total. The van der Waals surface area contributed by atoms with E-state index in [1.165, 1.54) is 5.56 Å². The van der Waals surface area contributed by atoms with Crippen LogP contribution in [0.2, 0.25) is 0 Å². The van der Waals surface area contributed by atoms with Gasteiger partial charge in [0.05, 0.1) is 26.2 Å². The highest BCUT2D eigenvalue weighted by Gasteiger charge is 2.48. The van der Waals surface area contributed by atoms with E-state index in [4.69, 9.17) is 4.74 Å². The second-order valence-electron chi connectivity index (χ2n) is 6.67. The van der Waals surface area contributed by atoms with Crippen LogP contribution in [0.25, 0.3) is 0 Å². The minimum absolute atomic E-state index is 0. The SMILES string of the molecule is CCCCC(Oc1ccccc1)(c1ccccc1)[N+](C)(C)CC.[Cl-]. The number of halogens is 1. The maximum absolute atomic E-state index is 6.72. The van der Waals surface area contributed by atoms with Gasteiger partial charge in [-0.1, -0.05) is 49.7 Å². The lowest BCUT2D eigenvalue weighted by atomic mass is 9.92. The first kappa shape index (κ1) is 20.5. The first-order chi connectivity index (χ1) is 11.1. The van der Waals surface area contributed by atoms with Crippen LogP contribution < -0.4 is 17.1 Å². The van der Waals surface area contributed by atoms with Gasteiger partial charge in [0.1, 0.15) is 5.75 Å². The number of hydrogen-bond donors (Lipinski definition) is 0. The topological polar surface area (TPSA) is 9.23 Å². The lowest BCUT2D eigenvalue weighted by molar-refractivity contribution is -0.971. The Kier molecular flexibility index (Phi) is 7.78. The fourth-order valence-corrected chi connectivity index (χ4v) is 3.08. The molecule has 1 atom stereocenters. The van der Waals surface area contributed by atoms with Crippen LogP contribution in [0.4, 0.5) is 0 Å². The van der Waals surface area contributed by atoms with Crippen LogP contribution in [0.3, 0.4) is 0 Å². The van der Waals surface area contributed by atoms with Crippen LogP contribution in [-0.2, 0) is 5.72 Å². The third-order valence-electron chi connectivity index (χ3n) is 4.89. The lowest BCUT2D eigenvalue weighted by Crippen LogP contribution is -3.00. The van der Waals surface area contributed by atoms with Gasteiger partial charge in [-0.25, -0.2) is 0 Å². The zero-order chi connectivity index (χ0) is 16.8. The minimum Gasteiger partial charge on any atom is -1.00 e. The van der Waals surface area contributed by atoms with Crippen molar-refractivity contribution in [2.75, 3.05) is 20.6 Å². The number of para-hydroxylation sites is 1. The number of quaternary nitrogens is 1. The number of benzene rings is 2. The minimum atomic E-state index is -0.368. The Labute approximate surface area is 153 Å². The Bertz CT molecular complexity index is 585. The molecule has 1 unspecified atom stereocenters. The summed E-state index contributed by atoms with van der Waals surface area (Å²) < 4.78 is 7.52. The Balaban J connectivity index is 0.00000288. The van der Waals surface area contributed by atoms with Crippen molar-refractivity contribution >= 4 is 0 Å². The predicted molar refractivity (Wildman–Crippen MR) is 97.4 cm³/mol. The summed E-state index contributed by atoms with van der Waals surface area (Å²) >= 11 is 0. The molecular formula is C21H30ClNO. The summed E-state index contributed by atoms with van der Waals surface area (Å²) in [5, 5.41) is 0. The monoisotopic (exact) mass is 347 g/mol. The molecule has 0 heterocycles. The molecule has 3 heteroatoms. The number of unbranched alkanes of at least 4 members (excludes halogenated alkanes) is 1. The molecule has 132 valence electrons. The molecule has 0 bridgehead atoms. The largest absolute Gasteiger partial charge is 1.00 e. The molecule has 0 N–H and O–H groups in total. The first-order valence-electron chi connectivity index (χ1n) is 8.68. The quantitative estimate of drug-likeness (QED) is 0.525. The third-order valence-corrected chi connectivity index (χ3v) is 4.89. The Morgan fingerprint density at radius 1 is 0.875 bits per heavy atom. The van der Waals surface area contributed by atoms with Crippen molar-refractivity contribution < 1.29 is 21.6 Å². The highest BCUT2D eigenvalue weighted by molar-refractivity contribution is 5.26. The molecule has 0 fully saturated rings. The first-order valence-corrected chi connectivity index (χ1v) is 8.68. The Morgan fingerprint density at radius 3 is 1.92 bits per heavy atom. The van der Waals surface area contributed by atoms with Crippen LogP contribution in [0.5, 0.6) is 5.75 Å². The van der Waals surface area contributed by atoms with Gasteiger partial charge < -0.3 is 17.1 Å². The van der Waals surface area contributed by atoms with Crippen molar-refractivity contribution in [1.82, 2.24) is 0 Å². The number of nitrogens with zero attached hydrogens (tertiary/aromatic N) is 1. The van der Waals surface area contributed by atoms with Gasteiger partial charge in [-0.3, -0.25) is 4.48 Å². The van der Waals surface area contributed by atoms with Gasteiger partial charge in [-0.15, -0.1) is 0 Å². The normalized spacial score (nSPS) is 13.7. The molecule has 0 aliphatic heterocycles. The molecule has 0 aliphatic carbocycles. The van der Waals surface area contributed by atoms with Gasteiger partial charge in [0.15, 0.2) is 0 Å². The van der Waals surface area contributed by atoms with E-state index in [0.717, 1.165) is 36.0 Å². The average Bonchev–Trinajstić information content (AvgIpc) is 2.60. The molecule has 2 rings (SSSR count). The molecule has 2 aromatic carbocycles. The van der Waals surface area contributed by atoms with Crippen LogP contribution in [0, 0.1) is 0 Å². The molecule has 24 heavy (non-hydrogen) atoms. The molecule has 0 radical (unpaired) electrons. The Hall–Kier alpha value is -1.51. The zero-order valence-corrected chi connectivity index (χ0v) is 16.1. The zero-order valence-electron chi connectivity index (χ0n) is 15.3. The summed E-state index contributed by atoms with van der Waals surface area (Å²) in [7, 11) is 4.54. The second-order valence-corrected chi connectivity index (χ2v) is 6.67. The number of hydrogen-bond acceptors (Lipinski definition) is 1. The smallest absolute Gasteiger partial charge is 0.269 e. The summed E-state index contributed by atoms with van der Waals surface area (Å²) in [5.41, 5.74) is 0.886. The van der Waals surface area contributed by atoms with Gasteiger partial charge in [-0.05, 0) is 37.6 Å². The van der Waals surface area contributed by atoms with E-state index in [9.17, 15) is 0 Å². The third kappa shape index (κ3) is 4.31. The highest BCUT2D eigenvalue weighted by Crippen LogP contribution is 2.39. The van der Waals surface area contributed by atoms with Gasteiger partial charge in [0.25, 0.3) is 5.72 Å². The predicted octanol–water partition coefficient (Wildman–Crippen LogP) is 2.21. The summed E-state index contributed by atoms with van der Waals surface area (Å²) in [6.45, 7) is 5.48. The fourth-order valence-electron chi connectivity index (χ4n) is 3.08. The fraction of sp³-hybridized carbons (Fsp3) is 0.429. The van der Waals surface area contributed by atoms with Crippen molar-refractivity contribution in [2.24, 2.45) is 0 Å². The van der Waals surface area contributed by atoms with Gasteiger partial charge in [-0.2, -0.15) is 0 Å². The number of rotatable bonds is 8. The van der Waals surface area contributed by atoms with E-state index in [0.29, 0.717) is 0 Å². The number of ether oxygens (including phenoxy) is 1. The van der Waals surface area contributed by atoms with Crippen LogP contribution in [0.1, 0.15) is 38.7 Å². The van der Waals surface area contributed by atoms with Gasteiger partial charge in [0, 0.05) is 6.42 Å². The highest BCUT2D eigenvalue weighted by atomic mass is 35.5. The molecule has 0 aromatic heterocycles. The summed E-state index contributed by atoms with van der Waals surface area (Å²) in [5.74, 6) is 0.937. The molecule has 0 saturated heterocycles. The Morgan fingerprint density at radius 2 is 1.42 bits per heavy atom. The van der Waals surface area contributed by atoms with Crippen molar-refractivity contribution in [3.8, 4) is 5.75 Å². The van der Waals surface area contributed by atoms with Gasteiger partial charge in [0.2, 0.25) is 0 Å². The summed E-state index contributed by atoms with van der Waals surface area (Å²) in [6.07, 6.45) is 3.31. The van der Waals surface area contributed by atoms with Crippen molar-refractivity contribution in [2.45, 2.75) is 38.8 Å². The molecule has 0 aliphatic rings. The van der Waals surface area contributed by atoms with E-state index < -0.39 is 0 Å². The molecule has 0 spiro atoms. The standard InChI is InChI=1S/C21H30NO.ClH/c1-5-7-18-21(22(3,4)6-2,19-14-10-8-11-15-19)23-20-16-12-9-13-17-20;/h8-17H,5-7,18H2,1-4H3;1H/q+1;/p-1. The van der Waals surface area contributed by atoms with Crippen molar-refractivity contribution in [3.05, 3.63) is 66.2 Å².